The zero-order chi connectivity index (χ0) is 20.1. The van der Waals surface area contributed by atoms with E-state index < -0.39 is 61.4 Å². The van der Waals surface area contributed by atoms with Crippen LogP contribution in [-0.2, 0) is 28.5 Å². The van der Waals surface area contributed by atoms with Crippen LogP contribution in [0, 0.1) is 11.8 Å². The molecule has 152 valence electrons. The molecule has 1 saturated heterocycles. The Morgan fingerprint density at radius 2 is 1.96 bits per heavy atom. The van der Waals surface area contributed by atoms with E-state index in [2.05, 4.69) is 11.3 Å². The molecule has 0 spiro atoms. The summed E-state index contributed by atoms with van der Waals surface area (Å²) in [4.78, 5) is 23.0. The first-order valence-electron chi connectivity index (χ1n) is 8.35. The van der Waals surface area contributed by atoms with Gasteiger partial charge in [-0.3, -0.25) is 0 Å². The van der Waals surface area contributed by atoms with Crippen molar-refractivity contribution in [2.45, 2.75) is 43.4 Å². The van der Waals surface area contributed by atoms with Crippen molar-refractivity contribution < 1.29 is 49.0 Å². The topological polar surface area (TPSA) is 152 Å². The Morgan fingerprint density at radius 1 is 1.26 bits per heavy atom. The van der Waals surface area contributed by atoms with Crippen LogP contribution >= 0.6 is 0 Å². The Balaban J connectivity index is 2.22. The number of hydrogen-bond donors (Lipinski definition) is 4. The minimum atomic E-state index is -1.62. The summed E-state index contributed by atoms with van der Waals surface area (Å²) in [5.41, 5.74) is 0.128. The molecule has 10 heteroatoms. The zero-order valence-corrected chi connectivity index (χ0v) is 14.7. The van der Waals surface area contributed by atoms with E-state index in [9.17, 15) is 30.0 Å². The van der Waals surface area contributed by atoms with Crippen LogP contribution in [0.25, 0.3) is 0 Å². The van der Waals surface area contributed by atoms with Gasteiger partial charge in [0.05, 0.1) is 25.6 Å². The van der Waals surface area contributed by atoms with Gasteiger partial charge >= 0.3 is 5.97 Å². The lowest BCUT2D eigenvalue weighted by molar-refractivity contribution is -0.339. The largest absolute Gasteiger partial charge is 0.471 e. The number of aliphatic hydroxyl groups is 4. The van der Waals surface area contributed by atoms with Crippen LogP contribution in [0.1, 0.15) is 6.42 Å². The molecule has 10 nitrogen and oxygen atoms in total. The highest BCUT2D eigenvalue weighted by molar-refractivity contribution is 5.89. The van der Waals surface area contributed by atoms with E-state index in [1.165, 1.54) is 13.2 Å². The molecule has 0 aromatic heterocycles. The van der Waals surface area contributed by atoms with E-state index in [0.717, 1.165) is 6.26 Å². The van der Waals surface area contributed by atoms with Gasteiger partial charge in [-0.25, -0.2) is 4.79 Å². The van der Waals surface area contributed by atoms with Gasteiger partial charge in [0.2, 0.25) is 6.29 Å². The average molecular weight is 388 g/mol. The normalized spacial score (nSPS) is 39.1. The van der Waals surface area contributed by atoms with Crippen LogP contribution in [-0.4, -0.2) is 83.4 Å². The first-order valence-corrected chi connectivity index (χ1v) is 8.35. The number of carbonyl (C=O) groups excluding carboxylic acids is 2. The standard InChI is InChI=1S/C17H24O10/c1-3-8-9(4-5-18)10(15(23)24-2)7-25-16(8)27-17-14(22)13(21)12(20)11(6-19)26-17/h3,5,7-9,11-14,16-17,19-22H,1,4,6H2,2H3/t8-,9+,11-,12-,13+,14-,16-,17+/m1/s1. The number of hydrogen-bond acceptors (Lipinski definition) is 10. The lowest BCUT2D eigenvalue weighted by Crippen LogP contribution is -2.60. The molecule has 0 radical (unpaired) electrons. The molecule has 0 aromatic rings. The summed E-state index contributed by atoms with van der Waals surface area (Å²) in [5.74, 6) is -1.99. The highest BCUT2D eigenvalue weighted by atomic mass is 16.8. The Labute approximate surface area is 155 Å². The van der Waals surface area contributed by atoms with Crippen molar-refractivity contribution in [3.63, 3.8) is 0 Å². The summed E-state index contributed by atoms with van der Waals surface area (Å²) < 4.78 is 21.0. The maximum atomic E-state index is 11.9. The maximum absolute atomic E-state index is 11.9. The zero-order valence-electron chi connectivity index (χ0n) is 14.7. The van der Waals surface area contributed by atoms with Gasteiger partial charge in [-0.1, -0.05) is 6.08 Å². The molecule has 0 amide bonds. The summed E-state index contributed by atoms with van der Waals surface area (Å²) in [6, 6.07) is 0. The van der Waals surface area contributed by atoms with Crippen LogP contribution in [0.15, 0.2) is 24.5 Å². The molecule has 0 aromatic carbocycles. The molecule has 0 saturated carbocycles. The quantitative estimate of drug-likeness (QED) is 0.224. The summed E-state index contributed by atoms with van der Waals surface area (Å²) >= 11 is 0. The maximum Gasteiger partial charge on any atom is 0.337 e. The molecule has 0 bridgehead atoms. The molecule has 8 atom stereocenters. The van der Waals surface area contributed by atoms with Crippen molar-refractivity contribution in [3.8, 4) is 0 Å². The van der Waals surface area contributed by atoms with Gasteiger partial charge in [0.1, 0.15) is 30.7 Å². The molecule has 2 heterocycles. The number of ether oxygens (including phenoxy) is 4. The lowest BCUT2D eigenvalue weighted by Gasteiger charge is -2.42. The predicted molar refractivity (Wildman–Crippen MR) is 87.7 cm³/mol. The van der Waals surface area contributed by atoms with E-state index >= 15 is 0 Å². The molecule has 27 heavy (non-hydrogen) atoms. The third-order valence-corrected chi connectivity index (χ3v) is 4.67. The first-order chi connectivity index (χ1) is 12.9. The van der Waals surface area contributed by atoms with Gasteiger partial charge in [0.25, 0.3) is 0 Å². The van der Waals surface area contributed by atoms with Crippen molar-refractivity contribution in [3.05, 3.63) is 24.5 Å². The Morgan fingerprint density at radius 3 is 2.52 bits per heavy atom. The van der Waals surface area contributed by atoms with E-state index in [0.29, 0.717) is 6.29 Å². The molecule has 1 fully saturated rings. The summed E-state index contributed by atoms with van der Waals surface area (Å²) in [6.07, 6.45) is -5.31. The van der Waals surface area contributed by atoms with Crippen molar-refractivity contribution in [2.75, 3.05) is 13.7 Å². The van der Waals surface area contributed by atoms with Gasteiger partial charge in [-0.05, 0) is 0 Å². The molecule has 2 rings (SSSR count). The molecule has 0 unspecified atom stereocenters. The molecule has 2 aliphatic rings. The lowest BCUT2D eigenvalue weighted by atomic mass is 9.82. The SMILES string of the molecule is C=C[C@H]1[C@@H](O[C@@H]2O[C@H](CO)[C@@H](O)[C@H](O)[C@H]2O)OC=C(C(=O)OC)[C@H]1CC=O. The van der Waals surface area contributed by atoms with Gasteiger partial charge in [0, 0.05) is 18.3 Å². The summed E-state index contributed by atoms with van der Waals surface area (Å²) in [7, 11) is 1.20. The van der Waals surface area contributed by atoms with Gasteiger partial charge in [0.15, 0.2) is 6.29 Å². The smallest absolute Gasteiger partial charge is 0.337 e. The minimum absolute atomic E-state index is 0.0322. The van der Waals surface area contributed by atoms with Crippen LogP contribution in [0.4, 0.5) is 0 Å². The summed E-state index contributed by atoms with van der Waals surface area (Å²) in [5, 5.41) is 39.0. The minimum Gasteiger partial charge on any atom is -0.471 e. The highest BCUT2D eigenvalue weighted by Crippen LogP contribution is 2.36. The first kappa shape index (κ1) is 21.5. The van der Waals surface area contributed by atoms with E-state index in [-0.39, 0.29) is 12.0 Å². The molecular weight excluding hydrogens is 364 g/mol. The van der Waals surface area contributed by atoms with E-state index in [4.69, 9.17) is 14.2 Å². The Hall–Kier alpha value is -1.82. The third-order valence-electron chi connectivity index (χ3n) is 4.67. The monoisotopic (exact) mass is 388 g/mol. The number of esters is 1. The van der Waals surface area contributed by atoms with Crippen molar-refractivity contribution >= 4 is 12.3 Å². The number of aliphatic hydroxyl groups excluding tert-OH is 4. The molecule has 0 aliphatic carbocycles. The summed E-state index contributed by atoms with van der Waals surface area (Å²) in [6.45, 7) is 3.06. The second-order valence-corrected chi connectivity index (χ2v) is 6.22. The van der Waals surface area contributed by atoms with Gasteiger partial charge in [-0.2, -0.15) is 0 Å². The molecular formula is C17H24O10. The fourth-order valence-electron chi connectivity index (χ4n) is 3.13. The van der Waals surface area contributed by atoms with Crippen molar-refractivity contribution in [2.24, 2.45) is 11.8 Å². The van der Waals surface area contributed by atoms with Gasteiger partial charge < -0.3 is 44.2 Å². The highest BCUT2D eigenvalue weighted by Gasteiger charge is 2.47. The predicted octanol–water partition coefficient (Wildman–Crippen LogP) is -1.78. The van der Waals surface area contributed by atoms with Crippen molar-refractivity contribution in [1.82, 2.24) is 0 Å². The van der Waals surface area contributed by atoms with E-state index in [1.807, 2.05) is 0 Å². The van der Waals surface area contributed by atoms with Crippen LogP contribution in [0.5, 0.6) is 0 Å². The molecule has 4 N–H and O–H groups in total. The molecule has 2 aliphatic heterocycles. The second kappa shape index (κ2) is 9.40. The fraction of sp³-hybridized carbons (Fsp3) is 0.647. The van der Waals surface area contributed by atoms with Gasteiger partial charge in [-0.15, -0.1) is 6.58 Å². The fourth-order valence-corrected chi connectivity index (χ4v) is 3.13. The number of carbonyl (C=O) groups is 2. The number of methoxy groups -OCH3 is 1. The second-order valence-electron chi connectivity index (χ2n) is 6.22. The number of rotatable bonds is 7. The van der Waals surface area contributed by atoms with Crippen molar-refractivity contribution in [1.29, 1.82) is 0 Å². The van der Waals surface area contributed by atoms with Crippen LogP contribution in [0.2, 0.25) is 0 Å². The third kappa shape index (κ3) is 4.37. The van der Waals surface area contributed by atoms with E-state index in [1.54, 1.807) is 0 Å². The Kier molecular flexibility index (Phi) is 7.48. The van der Waals surface area contributed by atoms with Crippen LogP contribution in [0.3, 0.4) is 0 Å². The number of aldehydes is 1. The van der Waals surface area contributed by atoms with Crippen LogP contribution < -0.4 is 0 Å². The average Bonchev–Trinajstić information content (AvgIpc) is 2.68. The Bertz CT molecular complexity index is 574.